The summed E-state index contributed by atoms with van der Waals surface area (Å²) in [5, 5.41) is 16.9. The van der Waals surface area contributed by atoms with Crippen LogP contribution in [0.5, 0.6) is 0 Å². The van der Waals surface area contributed by atoms with Crippen LogP contribution in [-0.2, 0) is 14.3 Å². The van der Waals surface area contributed by atoms with E-state index >= 15 is 0 Å². The first-order valence-corrected chi connectivity index (χ1v) is 7.23. The average Bonchev–Trinajstić information content (AvgIpc) is 2.57. The summed E-state index contributed by atoms with van der Waals surface area (Å²) in [7, 11) is 0. The summed E-state index contributed by atoms with van der Waals surface area (Å²) in [6.45, 7) is 3.95. The van der Waals surface area contributed by atoms with E-state index < -0.39 is 24.5 Å². The van der Waals surface area contributed by atoms with Crippen LogP contribution in [0.2, 0.25) is 0 Å². The van der Waals surface area contributed by atoms with Crippen molar-refractivity contribution in [2.75, 3.05) is 19.8 Å². The molecule has 128 valence electrons. The summed E-state index contributed by atoms with van der Waals surface area (Å²) in [6.07, 6.45) is 1.51. The number of rotatable bonds is 7. The molecule has 0 unspecified atom stereocenters. The van der Waals surface area contributed by atoms with Gasteiger partial charge in [0.05, 0.1) is 24.3 Å². The van der Waals surface area contributed by atoms with Crippen molar-refractivity contribution in [2.45, 2.75) is 26.7 Å². The zero-order valence-corrected chi connectivity index (χ0v) is 13.3. The molecule has 0 atom stereocenters. The van der Waals surface area contributed by atoms with E-state index in [0.717, 1.165) is 6.42 Å². The molecule has 0 aromatic heterocycles. The third-order valence-corrected chi connectivity index (χ3v) is 2.41. The molecule has 0 saturated heterocycles. The topological polar surface area (TPSA) is 110 Å². The van der Waals surface area contributed by atoms with Crippen LogP contribution in [0.3, 0.4) is 0 Å². The minimum atomic E-state index is -1.13. The van der Waals surface area contributed by atoms with Gasteiger partial charge >= 0.3 is 17.9 Å². The molecule has 0 saturated carbocycles. The maximum atomic E-state index is 11.4. The molecule has 1 rings (SSSR count). The van der Waals surface area contributed by atoms with Crippen molar-refractivity contribution < 1.29 is 34.1 Å². The largest absolute Gasteiger partial charge is 0.478 e. The number of carboxylic acid groups (broad SMARTS) is 1. The molecule has 0 amide bonds. The first-order chi connectivity index (χ1) is 11.0. The molecule has 0 aliphatic carbocycles. The Hall–Kier alpha value is -2.41. The van der Waals surface area contributed by atoms with E-state index in [0.29, 0.717) is 19.6 Å². The summed E-state index contributed by atoms with van der Waals surface area (Å²) in [5.74, 6) is -2.26. The highest BCUT2D eigenvalue weighted by atomic mass is 16.5. The maximum absolute atomic E-state index is 11.4. The minimum Gasteiger partial charge on any atom is -0.478 e. The number of ether oxygens (including phenoxy) is 2. The Morgan fingerprint density at radius 1 is 0.957 bits per heavy atom. The molecule has 0 heterocycles. The molecule has 2 N–H and O–H groups in total. The molecule has 23 heavy (non-hydrogen) atoms. The molecule has 1 aromatic rings. The summed E-state index contributed by atoms with van der Waals surface area (Å²) in [4.78, 5) is 32.3. The number of aliphatic hydroxyl groups is 1. The van der Waals surface area contributed by atoms with Crippen LogP contribution in [-0.4, -0.2) is 47.9 Å². The second kappa shape index (κ2) is 12.2. The van der Waals surface area contributed by atoms with Crippen LogP contribution in [0.25, 0.3) is 0 Å². The lowest BCUT2D eigenvalue weighted by Crippen LogP contribution is -2.11. The smallest absolute Gasteiger partial charge is 0.339 e. The highest BCUT2D eigenvalue weighted by Crippen LogP contribution is 2.10. The van der Waals surface area contributed by atoms with E-state index in [1.807, 2.05) is 13.8 Å². The predicted molar refractivity (Wildman–Crippen MR) is 82.3 cm³/mol. The van der Waals surface area contributed by atoms with Crippen LogP contribution in [0.4, 0.5) is 0 Å². The van der Waals surface area contributed by atoms with Gasteiger partial charge in [0.2, 0.25) is 0 Å². The second-order valence-electron chi connectivity index (χ2n) is 4.37. The Labute approximate surface area is 134 Å². The number of hydrogen-bond acceptors (Lipinski definition) is 6. The van der Waals surface area contributed by atoms with Crippen molar-refractivity contribution in [3.05, 3.63) is 35.4 Å². The average molecular weight is 326 g/mol. The van der Waals surface area contributed by atoms with E-state index in [1.54, 1.807) is 12.1 Å². The van der Waals surface area contributed by atoms with Crippen LogP contribution in [0.1, 0.15) is 47.4 Å². The quantitative estimate of drug-likeness (QED) is 0.736. The Morgan fingerprint density at radius 3 is 1.96 bits per heavy atom. The SMILES string of the molecule is CCCOC(=O)CO.CCCOC(=O)c1ccccc1C(=O)O. The van der Waals surface area contributed by atoms with E-state index in [2.05, 4.69) is 4.74 Å². The summed E-state index contributed by atoms with van der Waals surface area (Å²) < 4.78 is 9.32. The first kappa shape index (κ1) is 20.6. The Bertz CT molecular complexity index is 511. The van der Waals surface area contributed by atoms with Gasteiger partial charge in [-0.1, -0.05) is 26.0 Å². The molecule has 0 spiro atoms. The third kappa shape index (κ3) is 8.57. The van der Waals surface area contributed by atoms with Crippen LogP contribution >= 0.6 is 0 Å². The van der Waals surface area contributed by atoms with Gasteiger partial charge in [-0.05, 0) is 25.0 Å². The van der Waals surface area contributed by atoms with Gasteiger partial charge in [0, 0.05) is 0 Å². The fourth-order valence-electron chi connectivity index (χ4n) is 1.38. The monoisotopic (exact) mass is 326 g/mol. The van der Waals surface area contributed by atoms with Crippen LogP contribution in [0.15, 0.2) is 24.3 Å². The van der Waals surface area contributed by atoms with Gasteiger partial charge in [0.15, 0.2) is 0 Å². The number of carbonyl (C=O) groups is 3. The number of esters is 2. The normalized spacial score (nSPS) is 9.35. The molecule has 7 nitrogen and oxygen atoms in total. The molecule has 7 heteroatoms. The highest BCUT2D eigenvalue weighted by molar-refractivity contribution is 6.02. The molecule has 1 aromatic carbocycles. The fourth-order valence-corrected chi connectivity index (χ4v) is 1.38. The lowest BCUT2D eigenvalue weighted by atomic mass is 10.1. The molecule has 0 fully saturated rings. The van der Waals surface area contributed by atoms with Crippen LogP contribution < -0.4 is 0 Å². The Kier molecular flexibility index (Phi) is 10.9. The maximum Gasteiger partial charge on any atom is 0.339 e. The molecule has 0 radical (unpaired) electrons. The molecular weight excluding hydrogens is 304 g/mol. The van der Waals surface area contributed by atoms with Gasteiger partial charge in [-0.2, -0.15) is 0 Å². The molecule has 0 aliphatic heterocycles. The van der Waals surface area contributed by atoms with Crippen molar-refractivity contribution in [1.29, 1.82) is 0 Å². The van der Waals surface area contributed by atoms with Crippen molar-refractivity contribution in [2.24, 2.45) is 0 Å². The Balaban J connectivity index is 0.000000515. The van der Waals surface area contributed by atoms with Gasteiger partial charge in [-0.15, -0.1) is 0 Å². The summed E-state index contributed by atoms with van der Waals surface area (Å²) in [6, 6.07) is 6.00. The van der Waals surface area contributed by atoms with E-state index in [4.69, 9.17) is 14.9 Å². The van der Waals surface area contributed by atoms with Crippen LogP contribution in [0, 0.1) is 0 Å². The second-order valence-corrected chi connectivity index (χ2v) is 4.37. The highest BCUT2D eigenvalue weighted by Gasteiger charge is 2.16. The molecular formula is C16H22O7. The minimum absolute atomic E-state index is 0.0291. The summed E-state index contributed by atoms with van der Waals surface area (Å²) >= 11 is 0. The molecule has 0 aliphatic rings. The lowest BCUT2D eigenvalue weighted by Gasteiger charge is -2.05. The number of carbonyl (C=O) groups excluding carboxylic acids is 2. The number of hydrogen-bond donors (Lipinski definition) is 2. The van der Waals surface area contributed by atoms with E-state index in [9.17, 15) is 14.4 Å². The Morgan fingerprint density at radius 2 is 1.48 bits per heavy atom. The van der Waals surface area contributed by atoms with Gasteiger partial charge in [0.25, 0.3) is 0 Å². The zero-order valence-electron chi connectivity index (χ0n) is 13.3. The molecule has 0 bridgehead atoms. The van der Waals surface area contributed by atoms with Gasteiger partial charge in [-0.25, -0.2) is 14.4 Å². The van der Waals surface area contributed by atoms with Gasteiger partial charge in [0.1, 0.15) is 6.61 Å². The lowest BCUT2D eigenvalue weighted by molar-refractivity contribution is -0.146. The number of carboxylic acids is 1. The van der Waals surface area contributed by atoms with E-state index in [1.165, 1.54) is 12.1 Å². The van der Waals surface area contributed by atoms with Gasteiger partial charge in [-0.3, -0.25) is 0 Å². The first-order valence-electron chi connectivity index (χ1n) is 7.23. The van der Waals surface area contributed by atoms with Crippen molar-refractivity contribution >= 4 is 17.9 Å². The summed E-state index contributed by atoms with van der Waals surface area (Å²) in [5.41, 5.74) is 0.0667. The van der Waals surface area contributed by atoms with Crippen molar-refractivity contribution in [1.82, 2.24) is 0 Å². The van der Waals surface area contributed by atoms with Crippen molar-refractivity contribution in [3.63, 3.8) is 0 Å². The van der Waals surface area contributed by atoms with Gasteiger partial charge < -0.3 is 19.7 Å². The van der Waals surface area contributed by atoms with E-state index in [-0.39, 0.29) is 11.1 Å². The number of aromatic carboxylic acids is 1. The standard InChI is InChI=1S/C11H12O4.C5H10O3/c1-2-7-15-11(14)9-6-4-3-5-8(9)10(12)13;1-2-3-8-5(7)4-6/h3-6H,2,7H2,1H3,(H,12,13);6H,2-4H2,1H3. The fraction of sp³-hybridized carbons (Fsp3) is 0.438. The number of aliphatic hydroxyl groups excluding tert-OH is 1. The zero-order chi connectivity index (χ0) is 17.7. The third-order valence-electron chi connectivity index (χ3n) is 2.41. The predicted octanol–water partition coefficient (Wildman–Crippen LogP) is 1.88. The number of benzene rings is 1. The van der Waals surface area contributed by atoms with Crippen molar-refractivity contribution in [3.8, 4) is 0 Å².